The average molecular weight is 284 g/mol. The maximum Gasteiger partial charge on any atom is 0.262 e. The van der Waals surface area contributed by atoms with Crippen molar-refractivity contribution in [2.45, 2.75) is 19.8 Å². The standard InChI is InChI=1S/C12H16N2O4S/c1-2-3-6-19(16,17)14-9-4-5-10-11(7-9)18-8-12(15)13-10/h4-5,7,14H,2-3,6,8H2,1H3,(H,13,15). The molecule has 1 heterocycles. The van der Waals surface area contributed by atoms with Gasteiger partial charge in [-0.25, -0.2) is 8.42 Å². The van der Waals surface area contributed by atoms with Gasteiger partial charge in [-0.1, -0.05) is 13.3 Å². The van der Waals surface area contributed by atoms with Crippen molar-refractivity contribution < 1.29 is 17.9 Å². The maximum absolute atomic E-state index is 11.8. The first-order valence-electron chi connectivity index (χ1n) is 6.07. The van der Waals surface area contributed by atoms with Gasteiger partial charge in [0.05, 0.1) is 17.1 Å². The van der Waals surface area contributed by atoms with Gasteiger partial charge in [0.2, 0.25) is 10.0 Å². The predicted octanol–water partition coefficient (Wildman–Crippen LogP) is 1.56. The molecule has 6 nitrogen and oxygen atoms in total. The summed E-state index contributed by atoms with van der Waals surface area (Å²) in [5.41, 5.74) is 0.985. The van der Waals surface area contributed by atoms with Gasteiger partial charge < -0.3 is 10.1 Å². The number of hydrogen-bond acceptors (Lipinski definition) is 4. The molecule has 0 bridgehead atoms. The van der Waals surface area contributed by atoms with Gasteiger partial charge in [-0.05, 0) is 18.6 Å². The zero-order valence-corrected chi connectivity index (χ0v) is 11.4. The first-order valence-corrected chi connectivity index (χ1v) is 7.72. The number of fused-ring (bicyclic) bond motifs is 1. The number of carbonyl (C=O) groups is 1. The molecule has 1 aromatic rings. The molecule has 0 saturated carbocycles. The van der Waals surface area contributed by atoms with E-state index in [2.05, 4.69) is 10.0 Å². The van der Waals surface area contributed by atoms with E-state index in [4.69, 9.17) is 4.74 Å². The van der Waals surface area contributed by atoms with Gasteiger partial charge in [0.25, 0.3) is 5.91 Å². The summed E-state index contributed by atoms with van der Waals surface area (Å²) < 4.78 is 31.2. The molecule has 0 aromatic heterocycles. The van der Waals surface area contributed by atoms with E-state index >= 15 is 0 Å². The minimum atomic E-state index is -3.33. The van der Waals surface area contributed by atoms with Crippen LogP contribution in [0, 0.1) is 0 Å². The normalized spacial score (nSPS) is 14.3. The maximum atomic E-state index is 11.8. The van der Waals surface area contributed by atoms with Crippen LogP contribution < -0.4 is 14.8 Å². The lowest BCUT2D eigenvalue weighted by Gasteiger charge is -2.18. The van der Waals surface area contributed by atoms with Crippen molar-refractivity contribution in [3.63, 3.8) is 0 Å². The highest BCUT2D eigenvalue weighted by atomic mass is 32.2. The van der Waals surface area contributed by atoms with Gasteiger partial charge in [-0.3, -0.25) is 9.52 Å². The van der Waals surface area contributed by atoms with E-state index in [-0.39, 0.29) is 18.3 Å². The lowest BCUT2D eigenvalue weighted by Crippen LogP contribution is -2.25. The van der Waals surface area contributed by atoms with Crippen molar-refractivity contribution in [2.75, 3.05) is 22.4 Å². The molecule has 1 aromatic carbocycles. The number of unbranched alkanes of at least 4 members (excludes halogenated alkanes) is 1. The summed E-state index contributed by atoms with van der Waals surface area (Å²) in [6.07, 6.45) is 1.44. The third-order valence-corrected chi connectivity index (χ3v) is 4.03. The molecule has 0 aliphatic carbocycles. The van der Waals surface area contributed by atoms with Crippen molar-refractivity contribution in [1.29, 1.82) is 0 Å². The molecular formula is C12H16N2O4S. The third kappa shape index (κ3) is 3.60. The van der Waals surface area contributed by atoms with Gasteiger partial charge in [0.1, 0.15) is 5.75 Å². The van der Waals surface area contributed by atoms with Crippen LogP contribution in [0.2, 0.25) is 0 Å². The summed E-state index contributed by atoms with van der Waals surface area (Å²) in [5, 5.41) is 2.64. The Balaban J connectivity index is 2.12. The summed E-state index contributed by atoms with van der Waals surface area (Å²) in [6.45, 7) is 1.88. The van der Waals surface area contributed by atoms with Crippen LogP contribution in [0.5, 0.6) is 5.75 Å². The SMILES string of the molecule is CCCCS(=O)(=O)Nc1ccc2c(c1)OCC(=O)N2. The van der Waals surface area contributed by atoms with Crippen molar-refractivity contribution in [1.82, 2.24) is 0 Å². The molecular weight excluding hydrogens is 268 g/mol. The Morgan fingerprint density at radius 1 is 1.42 bits per heavy atom. The van der Waals surface area contributed by atoms with E-state index in [1.54, 1.807) is 18.2 Å². The Hall–Kier alpha value is -1.76. The van der Waals surface area contributed by atoms with E-state index in [0.29, 0.717) is 23.5 Å². The Labute approximate surface area is 112 Å². The van der Waals surface area contributed by atoms with E-state index in [1.165, 1.54) is 0 Å². The second-order valence-electron chi connectivity index (χ2n) is 4.32. The molecule has 104 valence electrons. The van der Waals surface area contributed by atoms with E-state index in [1.807, 2.05) is 6.92 Å². The van der Waals surface area contributed by atoms with Gasteiger partial charge in [-0.2, -0.15) is 0 Å². The second-order valence-corrected chi connectivity index (χ2v) is 6.16. The fraction of sp³-hybridized carbons (Fsp3) is 0.417. The van der Waals surface area contributed by atoms with Crippen LogP contribution in [0.3, 0.4) is 0 Å². The Morgan fingerprint density at radius 2 is 2.21 bits per heavy atom. The third-order valence-electron chi connectivity index (χ3n) is 2.65. The smallest absolute Gasteiger partial charge is 0.262 e. The largest absolute Gasteiger partial charge is 0.482 e. The van der Waals surface area contributed by atoms with Gasteiger partial charge in [-0.15, -0.1) is 0 Å². The number of amides is 1. The molecule has 0 radical (unpaired) electrons. The highest BCUT2D eigenvalue weighted by Gasteiger charge is 2.17. The summed E-state index contributed by atoms with van der Waals surface area (Å²) in [7, 11) is -3.33. The van der Waals surface area contributed by atoms with Crippen LogP contribution in [-0.4, -0.2) is 26.7 Å². The molecule has 2 N–H and O–H groups in total. The zero-order valence-electron chi connectivity index (χ0n) is 10.6. The van der Waals surface area contributed by atoms with E-state index < -0.39 is 10.0 Å². The zero-order chi connectivity index (χ0) is 13.9. The molecule has 7 heteroatoms. The van der Waals surface area contributed by atoms with Gasteiger partial charge >= 0.3 is 0 Å². The van der Waals surface area contributed by atoms with Crippen molar-refractivity contribution >= 4 is 27.3 Å². The van der Waals surface area contributed by atoms with Crippen LogP contribution in [0.4, 0.5) is 11.4 Å². The Bertz CT molecular complexity index is 583. The summed E-state index contributed by atoms with van der Waals surface area (Å²) in [5.74, 6) is 0.345. The fourth-order valence-corrected chi connectivity index (χ4v) is 2.96. The molecule has 0 unspecified atom stereocenters. The van der Waals surface area contributed by atoms with Gasteiger partial charge in [0, 0.05) is 6.07 Å². The molecule has 19 heavy (non-hydrogen) atoms. The van der Waals surface area contributed by atoms with Crippen molar-refractivity contribution in [2.24, 2.45) is 0 Å². The molecule has 0 spiro atoms. The van der Waals surface area contributed by atoms with Crippen LogP contribution in [0.25, 0.3) is 0 Å². The van der Waals surface area contributed by atoms with E-state index in [0.717, 1.165) is 6.42 Å². The number of anilines is 2. The number of benzene rings is 1. The summed E-state index contributed by atoms with van der Waals surface area (Å²) in [6, 6.07) is 4.78. The minimum Gasteiger partial charge on any atom is -0.482 e. The monoisotopic (exact) mass is 284 g/mol. The summed E-state index contributed by atoms with van der Waals surface area (Å²) in [4.78, 5) is 11.1. The first kappa shape index (κ1) is 13.7. The fourth-order valence-electron chi connectivity index (χ4n) is 1.70. The highest BCUT2D eigenvalue weighted by Crippen LogP contribution is 2.30. The quantitative estimate of drug-likeness (QED) is 0.859. The predicted molar refractivity (Wildman–Crippen MR) is 72.9 cm³/mol. The van der Waals surface area contributed by atoms with Crippen LogP contribution in [-0.2, 0) is 14.8 Å². The lowest BCUT2D eigenvalue weighted by atomic mass is 10.2. The summed E-state index contributed by atoms with van der Waals surface area (Å²) >= 11 is 0. The minimum absolute atomic E-state index is 0.0565. The molecule has 1 aliphatic heterocycles. The first-order chi connectivity index (χ1) is 9.00. The number of carbonyl (C=O) groups excluding carboxylic acids is 1. The van der Waals surface area contributed by atoms with Crippen LogP contribution in [0.15, 0.2) is 18.2 Å². The van der Waals surface area contributed by atoms with E-state index in [9.17, 15) is 13.2 Å². The topological polar surface area (TPSA) is 84.5 Å². The average Bonchev–Trinajstić information content (AvgIpc) is 2.36. The number of nitrogens with one attached hydrogen (secondary N) is 2. The number of rotatable bonds is 5. The van der Waals surface area contributed by atoms with Crippen LogP contribution in [0.1, 0.15) is 19.8 Å². The Morgan fingerprint density at radius 3 is 2.95 bits per heavy atom. The number of sulfonamides is 1. The highest BCUT2D eigenvalue weighted by molar-refractivity contribution is 7.92. The van der Waals surface area contributed by atoms with Crippen molar-refractivity contribution in [3.05, 3.63) is 18.2 Å². The Kier molecular flexibility index (Phi) is 3.94. The number of ether oxygens (including phenoxy) is 1. The second kappa shape index (κ2) is 5.48. The molecule has 2 rings (SSSR count). The molecule has 0 atom stereocenters. The van der Waals surface area contributed by atoms with Crippen LogP contribution >= 0.6 is 0 Å². The molecule has 1 aliphatic rings. The number of hydrogen-bond donors (Lipinski definition) is 2. The lowest BCUT2D eigenvalue weighted by molar-refractivity contribution is -0.118. The van der Waals surface area contributed by atoms with Crippen molar-refractivity contribution in [3.8, 4) is 5.75 Å². The van der Waals surface area contributed by atoms with Gasteiger partial charge in [0.15, 0.2) is 6.61 Å². The molecule has 0 saturated heterocycles. The molecule has 1 amide bonds. The molecule has 0 fully saturated rings.